The lowest BCUT2D eigenvalue weighted by Crippen LogP contribution is -2.38. The molecule has 0 bridgehead atoms. The second-order valence-corrected chi connectivity index (χ2v) is 7.82. The average molecular weight is 354 g/mol. The number of aliphatic carboxylic acids is 1. The standard InChI is InChI=1S/C16H22N2O5S/c1-12(16(20)21)17-15(19)9-6-13-4-7-14(8-5-13)24(22,23)18-10-2-3-11-18/h4-5,7-8,12H,2-3,6,9-11H2,1H3,(H,17,19)(H,20,21)/t12-/m0/s1. The van der Waals surface area contributed by atoms with Crippen LogP contribution in [0.1, 0.15) is 31.7 Å². The van der Waals surface area contributed by atoms with Gasteiger partial charge < -0.3 is 10.4 Å². The number of carboxylic acids is 1. The van der Waals surface area contributed by atoms with Crippen molar-refractivity contribution in [2.24, 2.45) is 0 Å². The van der Waals surface area contributed by atoms with Crippen LogP contribution in [0.2, 0.25) is 0 Å². The molecule has 8 heteroatoms. The number of carboxylic acid groups (broad SMARTS) is 1. The monoisotopic (exact) mass is 354 g/mol. The first-order valence-electron chi connectivity index (χ1n) is 7.92. The first-order valence-corrected chi connectivity index (χ1v) is 9.36. The summed E-state index contributed by atoms with van der Waals surface area (Å²) in [6.07, 6.45) is 2.35. The lowest BCUT2D eigenvalue weighted by atomic mass is 10.1. The number of nitrogens with one attached hydrogen (secondary N) is 1. The summed E-state index contributed by atoms with van der Waals surface area (Å²) in [6.45, 7) is 2.52. The zero-order valence-electron chi connectivity index (χ0n) is 13.6. The number of rotatable bonds is 7. The summed E-state index contributed by atoms with van der Waals surface area (Å²) < 4.78 is 26.3. The van der Waals surface area contributed by atoms with Crippen LogP contribution in [0.25, 0.3) is 0 Å². The van der Waals surface area contributed by atoms with Crippen LogP contribution in [-0.4, -0.2) is 48.8 Å². The van der Waals surface area contributed by atoms with Crippen molar-refractivity contribution in [1.29, 1.82) is 0 Å². The van der Waals surface area contributed by atoms with Crippen LogP contribution in [0.5, 0.6) is 0 Å². The fourth-order valence-corrected chi connectivity index (χ4v) is 4.06. The molecule has 7 nitrogen and oxygen atoms in total. The van der Waals surface area contributed by atoms with Gasteiger partial charge in [0.25, 0.3) is 0 Å². The molecule has 1 aliphatic rings. The van der Waals surface area contributed by atoms with E-state index in [1.165, 1.54) is 11.2 Å². The van der Waals surface area contributed by atoms with Gasteiger partial charge in [-0.1, -0.05) is 12.1 Å². The summed E-state index contributed by atoms with van der Waals surface area (Å²) in [7, 11) is -3.42. The average Bonchev–Trinajstić information content (AvgIpc) is 3.08. The molecule has 1 aromatic carbocycles. The fourth-order valence-electron chi connectivity index (χ4n) is 2.54. The van der Waals surface area contributed by atoms with E-state index in [1.54, 1.807) is 24.3 Å². The van der Waals surface area contributed by atoms with Gasteiger partial charge in [-0.05, 0) is 43.9 Å². The normalized spacial score (nSPS) is 16.7. The van der Waals surface area contributed by atoms with Gasteiger partial charge in [0.1, 0.15) is 6.04 Å². The third kappa shape index (κ3) is 4.55. The molecule has 0 spiro atoms. The highest BCUT2D eigenvalue weighted by Gasteiger charge is 2.26. The molecule has 2 N–H and O–H groups in total. The number of hydrogen-bond acceptors (Lipinski definition) is 4. The quantitative estimate of drug-likeness (QED) is 0.760. The van der Waals surface area contributed by atoms with E-state index in [1.807, 2.05) is 0 Å². The molecular weight excluding hydrogens is 332 g/mol. The smallest absolute Gasteiger partial charge is 0.325 e. The summed E-state index contributed by atoms with van der Waals surface area (Å²) in [5.74, 6) is -1.43. The molecule has 1 atom stereocenters. The maximum absolute atomic E-state index is 12.4. The number of hydrogen-bond donors (Lipinski definition) is 2. The number of sulfonamides is 1. The Balaban J connectivity index is 1.92. The highest BCUT2D eigenvalue weighted by Crippen LogP contribution is 2.21. The van der Waals surface area contributed by atoms with E-state index in [2.05, 4.69) is 5.32 Å². The van der Waals surface area contributed by atoms with Crippen molar-refractivity contribution >= 4 is 21.9 Å². The molecule has 0 aliphatic carbocycles. The highest BCUT2D eigenvalue weighted by atomic mass is 32.2. The van der Waals surface area contributed by atoms with E-state index in [9.17, 15) is 18.0 Å². The molecule has 1 aliphatic heterocycles. The molecule has 24 heavy (non-hydrogen) atoms. The van der Waals surface area contributed by atoms with Crippen molar-refractivity contribution in [2.75, 3.05) is 13.1 Å². The topological polar surface area (TPSA) is 104 Å². The van der Waals surface area contributed by atoms with Crippen molar-refractivity contribution < 1.29 is 23.1 Å². The molecule has 132 valence electrons. The van der Waals surface area contributed by atoms with Crippen molar-refractivity contribution in [3.05, 3.63) is 29.8 Å². The lowest BCUT2D eigenvalue weighted by Gasteiger charge is -2.15. The van der Waals surface area contributed by atoms with Crippen molar-refractivity contribution in [3.63, 3.8) is 0 Å². The Kier molecular flexibility index (Phi) is 5.95. The van der Waals surface area contributed by atoms with Crippen LogP contribution < -0.4 is 5.32 Å². The Morgan fingerprint density at radius 1 is 1.21 bits per heavy atom. The van der Waals surface area contributed by atoms with Crippen LogP contribution >= 0.6 is 0 Å². The highest BCUT2D eigenvalue weighted by molar-refractivity contribution is 7.89. The molecule has 1 heterocycles. The molecule has 0 aromatic heterocycles. The molecule has 1 saturated heterocycles. The van der Waals surface area contributed by atoms with Crippen LogP contribution in [0.3, 0.4) is 0 Å². The second kappa shape index (κ2) is 7.76. The Morgan fingerprint density at radius 2 is 1.79 bits per heavy atom. The zero-order chi connectivity index (χ0) is 17.7. The fraction of sp³-hybridized carbons (Fsp3) is 0.500. The van der Waals surface area contributed by atoms with Crippen LogP contribution in [0, 0.1) is 0 Å². The van der Waals surface area contributed by atoms with E-state index in [0.717, 1.165) is 18.4 Å². The largest absolute Gasteiger partial charge is 0.480 e. The van der Waals surface area contributed by atoms with E-state index in [4.69, 9.17) is 5.11 Å². The molecule has 0 saturated carbocycles. The van der Waals surface area contributed by atoms with Gasteiger partial charge in [-0.3, -0.25) is 9.59 Å². The van der Waals surface area contributed by atoms with Gasteiger partial charge in [0, 0.05) is 19.5 Å². The second-order valence-electron chi connectivity index (χ2n) is 5.88. The summed E-state index contributed by atoms with van der Waals surface area (Å²) in [6, 6.07) is 5.57. The number of carbonyl (C=O) groups is 2. The van der Waals surface area contributed by atoms with Gasteiger partial charge in [0.2, 0.25) is 15.9 Å². The minimum absolute atomic E-state index is 0.149. The zero-order valence-corrected chi connectivity index (χ0v) is 14.4. The summed E-state index contributed by atoms with van der Waals surface area (Å²) >= 11 is 0. The first-order chi connectivity index (χ1) is 11.3. The molecule has 1 amide bonds. The third-order valence-corrected chi connectivity index (χ3v) is 5.93. The van der Waals surface area contributed by atoms with Gasteiger partial charge in [0.15, 0.2) is 0 Å². The molecule has 1 aromatic rings. The van der Waals surface area contributed by atoms with Crippen LogP contribution in [0.4, 0.5) is 0 Å². The maximum atomic E-state index is 12.4. The maximum Gasteiger partial charge on any atom is 0.325 e. The van der Waals surface area contributed by atoms with E-state index in [-0.39, 0.29) is 17.2 Å². The van der Waals surface area contributed by atoms with E-state index in [0.29, 0.717) is 19.5 Å². The lowest BCUT2D eigenvalue weighted by molar-refractivity contribution is -0.141. The van der Waals surface area contributed by atoms with Gasteiger partial charge in [0.05, 0.1) is 4.90 Å². The SMILES string of the molecule is C[C@H](NC(=O)CCc1ccc(S(=O)(=O)N2CCCC2)cc1)C(=O)O. The Labute approximate surface area is 141 Å². The predicted molar refractivity (Wildman–Crippen MR) is 88.0 cm³/mol. The minimum atomic E-state index is -3.42. The predicted octanol–water partition coefficient (Wildman–Crippen LogP) is 0.993. The van der Waals surface area contributed by atoms with Crippen molar-refractivity contribution in [1.82, 2.24) is 9.62 Å². The van der Waals surface area contributed by atoms with Crippen molar-refractivity contribution in [3.8, 4) is 0 Å². The first kappa shape index (κ1) is 18.4. The third-order valence-electron chi connectivity index (χ3n) is 4.01. The van der Waals surface area contributed by atoms with Crippen LogP contribution in [-0.2, 0) is 26.0 Å². The van der Waals surface area contributed by atoms with E-state index < -0.39 is 22.0 Å². The number of aryl methyl sites for hydroxylation is 1. The molecule has 0 unspecified atom stereocenters. The Hall–Kier alpha value is -1.93. The van der Waals surface area contributed by atoms with E-state index >= 15 is 0 Å². The van der Waals surface area contributed by atoms with Gasteiger partial charge in [-0.2, -0.15) is 4.31 Å². The number of nitrogens with zero attached hydrogens (tertiary/aromatic N) is 1. The molecule has 0 radical (unpaired) electrons. The number of amides is 1. The number of benzene rings is 1. The summed E-state index contributed by atoms with van der Waals surface area (Å²) in [5.41, 5.74) is 0.827. The molecule has 2 rings (SSSR count). The Morgan fingerprint density at radius 3 is 2.33 bits per heavy atom. The molecular formula is C16H22N2O5S. The summed E-state index contributed by atoms with van der Waals surface area (Å²) in [4.78, 5) is 22.6. The van der Waals surface area contributed by atoms with Gasteiger partial charge >= 0.3 is 5.97 Å². The Bertz CT molecular complexity index is 694. The number of carbonyl (C=O) groups excluding carboxylic acids is 1. The van der Waals surface area contributed by atoms with Gasteiger partial charge in [-0.25, -0.2) is 8.42 Å². The minimum Gasteiger partial charge on any atom is -0.480 e. The molecule has 1 fully saturated rings. The van der Waals surface area contributed by atoms with Crippen LogP contribution in [0.15, 0.2) is 29.2 Å². The summed E-state index contributed by atoms with van der Waals surface area (Å²) in [5, 5.41) is 11.1. The van der Waals surface area contributed by atoms with Gasteiger partial charge in [-0.15, -0.1) is 0 Å². The van der Waals surface area contributed by atoms with Crippen molar-refractivity contribution in [2.45, 2.75) is 43.5 Å².